The van der Waals surface area contributed by atoms with Crippen molar-refractivity contribution in [3.8, 4) is 11.3 Å². The molecule has 0 saturated carbocycles. The summed E-state index contributed by atoms with van der Waals surface area (Å²) in [7, 11) is 0. The first-order chi connectivity index (χ1) is 7.33. The van der Waals surface area contributed by atoms with Gasteiger partial charge in [-0.15, -0.1) is 0 Å². The maximum absolute atomic E-state index is 5.08. The van der Waals surface area contributed by atoms with Crippen LogP contribution in [0.15, 0.2) is 34.9 Å². The molecular weight excluding hydrogens is 226 g/mol. The zero-order valence-electron chi connectivity index (χ0n) is 8.05. The number of rotatable bonds is 3. The summed E-state index contributed by atoms with van der Waals surface area (Å²) in [4.78, 5) is 0. The van der Waals surface area contributed by atoms with Gasteiger partial charge in [0.1, 0.15) is 11.5 Å². The smallest absolute Gasteiger partial charge is 0.146 e. The van der Waals surface area contributed by atoms with E-state index < -0.39 is 0 Å². The fourth-order valence-electron chi connectivity index (χ4n) is 1.30. The van der Waals surface area contributed by atoms with Crippen molar-refractivity contribution in [1.29, 1.82) is 0 Å². The van der Waals surface area contributed by atoms with Gasteiger partial charge in [-0.2, -0.15) is 25.3 Å². The van der Waals surface area contributed by atoms with Crippen molar-refractivity contribution in [1.82, 2.24) is 5.16 Å². The number of thiol groups is 2. The molecule has 0 N–H and O–H groups in total. The highest BCUT2D eigenvalue weighted by atomic mass is 32.1. The van der Waals surface area contributed by atoms with E-state index in [-0.39, 0.29) is 0 Å². The Labute approximate surface area is 99.5 Å². The molecule has 0 spiro atoms. The van der Waals surface area contributed by atoms with Crippen LogP contribution in [0.4, 0.5) is 0 Å². The Morgan fingerprint density at radius 1 is 1.07 bits per heavy atom. The molecular formula is C11H11NOS2. The van der Waals surface area contributed by atoms with Gasteiger partial charge >= 0.3 is 0 Å². The highest BCUT2D eigenvalue weighted by Gasteiger charge is 2.04. The molecule has 1 aromatic heterocycles. The average molecular weight is 237 g/mol. The molecule has 2 nitrogen and oxygen atoms in total. The first kappa shape index (κ1) is 10.6. The Morgan fingerprint density at radius 2 is 1.80 bits per heavy atom. The van der Waals surface area contributed by atoms with Crippen LogP contribution in [0, 0.1) is 0 Å². The molecule has 1 heterocycles. The number of aromatic nitrogens is 1. The molecule has 0 amide bonds. The first-order valence-corrected chi connectivity index (χ1v) is 5.86. The quantitative estimate of drug-likeness (QED) is 0.802. The number of benzene rings is 1. The van der Waals surface area contributed by atoms with Crippen LogP contribution >= 0.6 is 25.3 Å². The minimum atomic E-state index is 0.571. The summed E-state index contributed by atoms with van der Waals surface area (Å²) in [5.41, 5.74) is 3.10. The molecule has 1 aromatic carbocycles. The van der Waals surface area contributed by atoms with Crippen LogP contribution < -0.4 is 0 Å². The van der Waals surface area contributed by atoms with Crippen LogP contribution in [0.2, 0.25) is 0 Å². The van der Waals surface area contributed by atoms with Crippen molar-refractivity contribution >= 4 is 25.3 Å². The maximum atomic E-state index is 5.08. The third kappa shape index (κ3) is 2.38. The van der Waals surface area contributed by atoms with E-state index in [4.69, 9.17) is 4.52 Å². The third-order valence-corrected chi connectivity index (χ3v) is 2.82. The second-order valence-electron chi connectivity index (χ2n) is 3.19. The number of hydrogen-bond acceptors (Lipinski definition) is 4. The molecule has 0 aliphatic heterocycles. The van der Waals surface area contributed by atoms with Crippen LogP contribution in [0.1, 0.15) is 11.3 Å². The van der Waals surface area contributed by atoms with Gasteiger partial charge in [0.15, 0.2) is 0 Å². The Bertz CT molecular complexity index is 436. The lowest BCUT2D eigenvalue weighted by Gasteiger charge is -1.97. The minimum Gasteiger partial charge on any atom is -0.360 e. The lowest BCUT2D eigenvalue weighted by atomic mass is 10.1. The summed E-state index contributed by atoms with van der Waals surface area (Å²) in [6, 6.07) is 10.0. The highest BCUT2D eigenvalue weighted by molar-refractivity contribution is 7.79. The molecule has 0 atom stereocenters. The highest BCUT2D eigenvalue weighted by Crippen LogP contribution is 2.20. The predicted molar refractivity (Wildman–Crippen MR) is 67.3 cm³/mol. The van der Waals surface area contributed by atoms with Crippen molar-refractivity contribution in [3.05, 3.63) is 41.7 Å². The van der Waals surface area contributed by atoms with Crippen LogP contribution in [0.3, 0.4) is 0 Å². The summed E-state index contributed by atoms with van der Waals surface area (Å²) >= 11 is 8.33. The third-order valence-electron chi connectivity index (χ3n) is 2.15. The van der Waals surface area contributed by atoms with E-state index in [1.807, 2.05) is 30.3 Å². The van der Waals surface area contributed by atoms with Gasteiger partial charge in [0.25, 0.3) is 0 Å². The van der Waals surface area contributed by atoms with Crippen LogP contribution in [0.25, 0.3) is 11.3 Å². The van der Waals surface area contributed by atoms with Crippen molar-refractivity contribution < 1.29 is 4.52 Å². The van der Waals surface area contributed by atoms with Gasteiger partial charge in [-0.05, 0) is 5.56 Å². The summed E-state index contributed by atoms with van der Waals surface area (Å²) in [5, 5.41) is 3.97. The Kier molecular flexibility index (Phi) is 3.38. The lowest BCUT2D eigenvalue weighted by Crippen LogP contribution is -1.79. The molecule has 0 fully saturated rings. The summed E-state index contributed by atoms with van der Waals surface area (Å²) in [5.74, 6) is 2.11. The molecule has 15 heavy (non-hydrogen) atoms. The molecule has 0 bridgehead atoms. The van der Waals surface area contributed by atoms with Crippen LogP contribution in [0.5, 0.6) is 0 Å². The van der Waals surface area contributed by atoms with Gasteiger partial charge in [0, 0.05) is 17.4 Å². The number of hydrogen-bond donors (Lipinski definition) is 2. The van der Waals surface area contributed by atoms with Crippen LogP contribution in [-0.4, -0.2) is 5.16 Å². The Hall–Kier alpha value is -0.870. The Morgan fingerprint density at radius 3 is 2.33 bits per heavy atom. The van der Waals surface area contributed by atoms with E-state index in [1.54, 1.807) is 0 Å². The van der Waals surface area contributed by atoms with Gasteiger partial charge in [-0.3, -0.25) is 0 Å². The molecule has 2 aromatic rings. The van der Waals surface area contributed by atoms with E-state index in [2.05, 4.69) is 30.4 Å². The molecule has 0 radical (unpaired) electrons. The fourth-order valence-corrected chi connectivity index (χ4v) is 1.66. The topological polar surface area (TPSA) is 26.0 Å². The summed E-state index contributed by atoms with van der Waals surface area (Å²) in [6.07, 6.45) is 0. The largest absolute Gasteiger partial charge is 0.360 e. The molecule has 78 valence electrons. The SMILES string of the molecule is SCc1ccc(-c2cc(CS)on2)cc1. The maximum Gasteiger partial charge on any atom is 0.146 e. The first-order valence-electron chi connectivity index (χ1n) is 4.60. The predicted octanol–water partition coefficient (Wildman–Crippen LogP) is 3.20. The molecule has 0 saturated heterocycles. The van der Waals surface area contributed by atoms with Gasteiger partial charge in [-0.1, -0.05) is 29.4 Å². The number of nitrogens with zero attached hydrogens (tertiary/aromatic N) is 1. The molecule has 0 unspecified atom stereocenters. The van der Waals surface area contributed by atoms with E-state index >= 15 is 0 Å². The van der Waals surface area contributed by atoms with Crippen molar-refractivity contribution in [2.24, 2.45) is 0 Å². The molecule has 0 aliphatic rings. The minimum absolute atomic E-state index is 0.571. The van der Waals surface area contributed by atoms with Gasteiger partial charge in [-0.25, -0.2) is 0 Å². The summed E-state index contributed by atoms with van der Waals surface area (Å²) in [6.45, 7) is 0. The van der Waals surface area contributed by atoms with E-state index in [1.165, 1.54) is 5.56 Å². The normalized spacial score (nSPS) is 10.5. The van der Waals surface area contributed by atoms with Gasteiger partial charge in [0.05, 0.1) is 5.75 Å². The van der Waals surface area contributed by atoms with E-state index in [0.717, 1.165) is 22.8 Å². The molecule has 4 heteroatoms. The van der Waals surface area contributed by atoms with E-state index in [9.17, 15) is 0 Å². The standard InChI is InChI=1S/C11H11NOS2/c14-6-8-1-3-9(4-2-8)11-5-10(7-15)13-12-11/h1-5,14-15H,6-7H2. The van der Waals surface area contributed by atoms with E-state index in [0.29, 0.717) is 5.75 Å². The average Bonchev–Trinajstić information content (AvgIpc) is 2.78. The lowest BCUT2D eigenvalue weighted by molar-refractivity contribution is 0.397. The Balaban J connectivity index is 2.28. The van der Waals surface area contributed by atoms with Gasteiger partial charge in [0.2, 0.25) is 0 Å². The molecule has 2 rings (SSSR count). The van der Waals surface area contributed by atoms with Gasteiger partial charge < -0.3 is 4.52 Å². The second-order valence-corrected chi connectivity index (χ2v) is 3.82. The summed E-state index contributed by atoms with van der Waals surface area (Å²) < 4.78 is 5.08. The zero-order valence-corrected chi connectivity index (χ0v) is 9.84. The molecule has 0 aliphatic carbocycles. The van der Waals surface area contributed by atoms with Crippen molar-refractivity contribution in [3.63, 3.8) is 0 Å². The fraction of sp³-hybridized carbons (Fsp3) is 0.182. The monoisotopic (exact) mass is 237 g/mol. The van der Waals surface area contributed by atoms with Crippen molar-refractivity contribution in [2.75, 3.05) is 0 Å². The second kappa shape index (κ2) is 4.77. The van der Waals surface area contributed by atoms with Crippen LogP contribution in [-0.2, 0) is 11.5 Å². The zero-order chi connectivity index (χ0) is 10.7. The van der Waals surface area contributed by atoms with Crippen molar-refractivity contribution in [2.45, 2.75) is 11.5 Å².